The molecule has 0 radical (unpaired) electrons. The highest BCUT2D eigenvalue weighted by Crippen LogP contribution is 2.42. The first-order valence-electron chi connectivity index (χ1n) is 7.21. The van der Waals surface area contributed by atoms with E-state index in [2.05, 4.69) is 0 Å². The quantitative estimate of drug-likeness (QED) is 0.798. The molecule has 0 spiro atoms. The normalized spacial score (nSPS) is 16.9. The van der Waals surface area contributed by atoms with E-state index >= 15 is 0 Å². The summed E-state index contributed by atoms with van der Waals surface area (Å²) in [5, 5.41) is 0. The molecule has 2 aromatic rings. The van der Waals surface area contributed by atoms with Crippen LogP contribution in [0.2, 0.25) is 0 Å². The lowest BCUT2D eigenvalue weighted by Crippen LogP contribution is -2.18. The highest BCUT2D eigenvalue weighted by atomic mass is 16.7. The molecule has 23 heavy (non-hydrogen) atoms. The van der Waals surface area contributed by atoms with Gasteiger partial charge >= 0.3 is 0 Å². The van der Waals surface area contributed by atoms with Crippen LogP contribution in [0.5, 0.6) is 23.0 Å². The molecule has 2 aliphatic heterocycles. The Labute approximate surface area is 133 Å². The molecule has 5 heteroatoms. The van der Waals surface area contributed by atoms with Crippen molar-refractivity contribution < 1.29 is 23.7 Å². The maximum Gasteiger partial charge on any atom is 0.231 e. The zero-order chi connectivity index (χ0) is 15.8. The van der Waals surface area contributed by atoms with Crippen LogP contribution in [0.4, 0.5) is 0 Å². The van der Waals surface area contributed by atoms with E-state index in [1.54, 1.807) is 25.3 Å². The summed E-state index contributed by atoms with van der Waals surface area (Å²) in [6, 6.07) is 10.9. The first-order valence-corrected chi connectivity index (χ1v) is 7.21. The van der Waals surface area contributed by atoms with Crippen LogP contribution in [0.3, 0.4) is 0 Å². The molecule has 5 nitrogen and oxygen atoms in total. The van der Waals surface area contributed by atoms with E-state index in [0.29, 0.717) is 34.1 Å². The van der Waals surface area contributed by atoms with E-state index in [-0.39, 0.29) is 19.2 Å². The molecule has 0 bridgehead atoms. The third-order valence-electron chi connectivity index (χ3n) is 3.83. The van der Waals surface area contributed by atoms with Gasteiger partial charge in [-0.15, -0.1) is 0 Å². The number of para-hydroxylation sites is 1. The fourth-order valence-corrected chi connectivity index (χ4v) is 2.72. The summed E-state index contributed by atoms with van der Waals surface area (Å²) in [6.45, 7) is 0.410. The summed E-state index contributed by atoms with van der Waals surface area (Å²) >= 11 is 0. The predicted octanol–water partition coefficient (Wildman–Crippen LogP) is 3.08. The predicted molar refractivity (Wildman–Crippen MR) is 83.4 cm³/mol. The molecule has 0 N–H and O–H groups in total. The van der Waals surface area contributed by atoms with E-state index in [0.717, 1.165) is 5.56 Å². The van der Waals surface area contributed by atoms with Crippen molar-refractivity contribution in [3.05, 3.63) is 53.1 Å². The summed E-state index contributed by atoms with van der Waals surface area (Å²) in [5.74, 6) is 2.38. The van der Waals surface area contributed by atoms with E-state index in [1.807, 2.05) is 24.3 Å². The molecule has 0 aliphatic carbocycles. The number of hydrogen-bond acceptors (Lipinski definition) is 5. The standard InChI is InChI=1S/C18H14O5/c1-20-15-7-11(8-16-18(15)23-10-22-16)6-12-9-21-14-5-3-2-4-13(14)17(12)19/h2-8H,9-10H2,1H3/b12-6+. The molecule has 0 aromatic heterocycles. The van der Waals surface area contributed by atoms with Gasteiger partial charge in [0.25, 0.3) is 0 Å². The number of benzene rings is 2. The van der Waals surface area contributed by atoms with E-state index < -0.39 is 0 Å². The van der Waals surface area contributed by atoms with Crippen molar-refractivity contribution in [1.29, 1.82) is 0 Å². The van der Waals surface area contributed by atoms with Gasteiger partial charge in [0.05, 0.1) is 12.7 Å². The van der Waals surface area contributed by atoms with Crippen molar-refractivity contribution >= 4 is 11.9 Å². The maximum atomic E-state index is 12.6. The molecule has 2 aromatic carbocycles. The van der Waals surface area contributed by atoms with E-state index in [4.69, 9.17) is 18.9 Å². The summed E-state index contributed by atoms with van der Waals surface area (Å²) in [6.07, 6.45) is 1.79. The van der Waals surface area contributed by atoms with E-state index in [9.17, 15) is 4.79 Å². The molecule has 4 rings (SSSR count). The average Bonchev–Trinajstić information content (AvgIpc) is 3.05. The van der Waals surface area contributed by atoms with Crippen molar-refractivity contribution in [2.75, 3.05) is 20.5 Å². The Morgan fingerprint density at radius 1 is 1.09 bits per heavy atom. The molecule has 2 heterocycles. The number of carbonyl (C=O) groups excluding carboxylic acids is 1. The Bertz CT molecular complexity index is 822. The average molecular weight is 310 g/mol. The van der Waals surface area contributed by atoms with Crippen molar-refractivity contribution in [1.82, 2.24) is 0 Å². The van der Waals surface area contributed by atoms with Gasteiger partial charge in [0.1, 0.15) is 12.4 Å². The Hall–Kier alpha value is -2.95. The molecular weight excluding hydrogens is 296 g/mol. The lowest BCUT2D eigenvalue weighted by atomic mass is 9.98. The lowest BCUT2D eigenvalue weighted by Gasteiger charge is -2.18. The molecule has 0 atom stereocenters. The third kappa shape index (κ3) is 2.30. The number of rotatable bonds is 2. The number of Topliss-reactive ketones (excluding diaryl/α,β-unsaturated/α-hetero) is 1. The van der Waals surface area contributed by atoms with Crippen molar-refractivity contribution in [2.24, 2.45) is 0 Å². The van der Waals surface area contributed by atoms with Crippen molar-refractivity contribution in [3.63, 3.8) is 0 Å². The highest BCUT2D eigenvalue weighted by molar-refractivity contribution is 6.14. The first-order chi connectivity index (χ1) is 11.3. The van der Waals surface area contributed by atoms with Crippen LogP contribution in [0, 0.1) is 0 Å². The number of fused-ring (bicyclic) bond motifs is 2. The van der Waals surface area contributed by atoms with Crippen molar-refractivity contribution in [2.45, 2.75) is 0 Å². The number of methoxy groups -OCH3 is 1. The minimum Gasteiger partial charge on any atom is -0.493 e. The number of ketones is 1. The van der Waals surface area contributed by atoms with E-state index in [1.165, 1.54) is 0 Å². The summed E-state index contributed by atoms with van der Waals surface area (Å²) in [4.78, 5) is 12.6. The largest absolute Gasteiger partial charge is 0.493 e. The minimum absolute atomic E-state index is 0.0246. The molecule has 0 fully saturated rings. The minimum atomic E-state index is -0.0246. The third-order valence-corrected chi connectivity index (χ3v) is 3.83. The Morgan fingerprint density at radius 3 is 2.83 bits per heavy atom. The van der Waals surface area contributed by atoms with Crippen LogP contribution in [0.25, 0.3) is 6.08 Å². The van der Waals surface area contributed by atoms with Gasteiger partial charge in [0, 0.05) is 5.57 Å². The summed E-state index contributed by atoms with van der Waals surface area (Å²) in [7, 11) is 1.57. The van der Waals surface area contributed by atoms with Gasteiger partial charge in [-0.25, -0.2) is 0 Å². The second kappa shape index (κ2) is 5.35. The van der Waals surface area contributed by atoms with Crippen LogP contribution in [-0.2, 0) is 0 Å². The maximum absolute atomic E-state index is 12.6. The number of ether oxygens (including phenoxy) is 4. The summed E-state index contributed by atoms with van der Waals surface area (Å²) in [5.41, 5.74) is 1.97. The lowest BCUT2D eigenvalue weighted by molar-refractivity contribution is 0.100. The molecular formula is C18H14O5. The Balaban J connectivity index is 1.73. The molecule has 0 saturated heterocycles. The monoisotopic (exact) mass is 310 g/mol. The van der Waals surface area contributed by atoms with Crippen molar-refractivity contribution in [3.8, 4) is 23.0 Å². The topological polar surface area (TPSA) is 54.0 Å². The molecule has 0 saturated carbocycles. The van der Waals surface area contributed by atoms with Crippen LogP contribution in [0.15, 0.2) is 42.0 Å². The zero-order valence-electron chi connectivity index (χ0n) is 12.5. The SMILES string of the molecule is COc1cc(/C=C2\COc3ccccc3C2=O)cc2c1OCO2. The zero-order valence-corrected chi connectivity index (χ0v) is 12.5. The molecule has 2 aliphatic rings. The van der Waals surface area contributed by atoms with Crippen LogP contribution < -0.4 is 18.9 Å². The van der Waals surface area contributed by atoms with Gasteiger partial charge < -0.3 is 18.9 Å². The highest BCUT2D eigenvalue weighted by Gasteiger charge is 2.24. The second-order valence-corrected chi connectivity index (χ2v) is 5.24. The smallest absolute Gasteiger partial charge is 0.231 e. The Morgan fingerprint density at radius 2 is 1.96 bits per heavy atom. The van der Waals surface area contributed by atoms with Gasteiger partial charge in [-0.3, -0.25) is 4.79 Å². The fraction of sp³-hybridized carbons (Fsp3) is 0.167. The molecule has 116 valence electrons. The van der Waals surface area contributed by atoms with Crippen LogP contribution >= 0.6 is 0 Å². The number of hydrogen-bond donors (Lipinski definition) is 0. The second-order valence-electron chi connectivity index (χ2n) is 5.24. The molecule has 0 amide bonds. The fourth-order valence-electron chi connectivity index (χ4n) is 2.72. The number of carbonyl (C=O) groups is 1. The Kier molecular flexibility index (Phi) is 3.19. The summed E-state index contributed by atoms with van der Waals surface area (Å²) < 4.78 is 21.8. The molecule has 0 unspecified atom stereocenters. The van der Waals surface area contributed by atoms with Gasteiger partial charge in [-0.05, 0) is 35.9 Å². The van der Waals surface area contributed by atoms with Crippen LogP contribution in [0.1, 0.15) is 15.9 Å². The van der Waals surface area contributed by atoms with Gasteiger partial charge in [-0.1, -0.05) is 12.1 Å². The first kappa shape index (κ1) is 13.7. The van der Waals surface area contributed by atoms with Crippen LogP contribution in [-0.4, -0.2) is 26.3 Å². The van der Waals surface area contributed by atoms with Gasteiger partial charge in [-0.2, -0.15) is 0 Å². The van der Waals surface area contributed by atoms with Gasteiger partial charge in [0.2, 0.25) is 12.5 Å². The van der Waals surface area contributed by atoms with Gasteiger partial charge in [0.15, 0.2) is 17.3 Å².